The van der Waals surface area contributed by atoms with Crippen molar-refractivity contribution >= 4 is 33.4 Å². The Balaban J connectivity index is 1.86. The smallest absolute Gasteiger partial charge is 0.262 e. The van der Waals surface area contributed by atoms with Gasteiger partial charge in [-0.2, -0.15) is 0 Å². The number of aromatic hydroxyl groups is 1. The molecule has 0 amide bonds. The largest absolute Gasteiger partial charge is 0.507 e. The van der Waals surface area contributed by atoms with Crippen LogP contribution in [-0.4, -0.2) is 41.9 Å². The van der Waals surface area contributed by atoms with Crippen LogP contribution in [0.4, 0.5) is 5.69 Å². The molecule has 5 rings (SSSR count). The maximum absolute atomic E-state index is 13.5. The van der Waals surface area contributed by atoms with E-state index in [1.807, 2.05) is 12.1 Å². The summed E-state index contributed by atoms with van der Waals surface area (Å²) in [7, 11) is 0. The molecule has 3 aromatic carbocycles. The molecule has 1 saturated heterocycles. The Hall–Kier alpha value is -3.64. The van der Waals surface area contributed by atoms with E-state index in [0.29, 0.717) is 48.3 Å². The molecule has 2 heterocycles. The number of carbonyl (C=O) groups excluding carboxylic acids is 1. The van der Waals surface area contributed by atoms with E-state index >= 15 is 0 Å². The van der Waals surface area contributed by atoms with Crippen molar-refractivity contribution in [2.75, 3.05) is 31.2 Å². The van der Waals surface area contributed by atoms with Crippen molar-refractivity contribution in [2.24, 2.45) is 0 Å². The molecule has 4 aromatic rings. The van der Waals surface area contributed by atoms with Crippen molar-refractivity contribution in [3.8, 4) is 5.75 Å². The van der Waals surface area contributed by atoms with Crippen LogP contribution < -0.4 is 10.3 Å². The number of para-hydroxylation sites is 1. The first-order valence-electron chi connectivity index (χ1n) is 9.88. The van der Waals surface area contributed by atoms with Gasteiger partial charge in [0.1, 0.15) is 5.75 Å². The first kappa shape index (κ1) is 18.4. The fraction of sp³-hybridized carbons (Fsp3) is 0.167. The zero-order chi connectivity index (χ0) is 20.7. The minimum Gasteiger partial charge on any atom is -0.507 e. The van der Waals surface area contributed by atoms with Gasteiger partial charge in [0.05, 0.1) is 29.6 Å². The maximum atomic E-state index is 13.5. The lowest BCUT2D eigenvalue weighted by atomic mass is 10.1. The molecule has 0 radical (unpaired) electrons. The van der Waals surface area contributed by atoms with Crippen LogP contribution in [0.2, 0.25) is 0 Å². The summed E-state index contributed by atoms with van der Waals surface area (Å²) in [4.78, 5) is 28.8. The Morgan fingerprint density at radius 1 is 0.900 bits per heavy atom. The Bertz CT molecular complexity index is 1320. The zero-order valence-electron chi connectivity index (χ0n) is 16.2. The van der Waals surface area contributed by atoms with Crippen molar-refractivity contribution < 1.29 is 14.6 Å². The van der Waals surface area contributed by atoms with Gasteiger partial charge in [-0.25, -0.2) is 0 Å². The van der Waals surface area contributed by atoms with Gasteiger partial charge in [-0.3, -0.25) is 14.2 Å². The highest BCUT2D eigenvalue weighted by atomic mass is 16.5. The summed E-state index contributed by atoms with van der Waals surface area (Å²) in [6.45, 7) is 2.53. The normalized spacial score (nSPS) is 14.3. The minimum atomic E-state index is -0.288. The molecule has 0 aliphatic carbocycles. The van der Waals surface area contributed by atoms with E-state index in [1.54, 1.807) is 54.6 Å². The van der Waals surface area contributed by atoms with Gasteiger partial charge in [-0.15, -0.1) is 0 Å². The van der Waals surface area contributed by atoms with Crippen LogP contribution in [0.1, 0.15) is 10.4 Å². The van der Waals surface area contributed by atoms with Crippen LogP contribution in [0.3, 0.4) is 0 Å². The quantitative estimate of drug-likeness (QED) is 0.522. The topological polar surface area (TPSA) is 71.8 Å². The average molecular weight is 400 g/mol. The van der Waals surface area contributed by atoms with Crippen LogP contribution >= 0.6 is 0 Å². The van der Waals surface area contributed by atoms with Gasteiger partial charge in [0.25, 0.3) is 5.91 Å². The van der Waals surface area contributed by atoms with Crippen LogP contribution in [0.25, 0.3) is 21.8 Å². The molecular formula is C24H20N2O4. The van der Waals surface area contributed by atoms with Crippen LogP contribution in [0.5, 0.6) is 5.75 Å². The molecule has 6 heteroatoms. The lowest BCUT2D eigenvalue weighted by Gasteiger charge is -2.29. The molecule has 0 spiro atoms. The minimum absolute atomic E-state index is 0.126. The summed E-state index contributed by atoms with van der Waals surface area (Å²) in [6, 6.07) is 19.3. The molecule has 1 aliphatic rings. The van der Waals surface area contributed by atoms with Crippen molar-refractivity contribution in [3.63, 3.8) is 0 Å². The lowest BCUT2D eigenvalue weighted by molar-refractivity contribution is 0.0969. The van der Waals surface area contributed by atoms with E-state index in [1.165, 1.54) is 4.57 Å². The Labute approximate surface area is 172 Å². The number of phenolic OH excluding ortho intramolecular Hbond substituents is 1. The molecule has 6 nitrogen and oxygen atoms in total. The molecule has 0 unspecified atom stereocenters. The molecule has 1 aliphatic heterocycles. The molecule has 1 N–H and O–H groups in total. The first-order chi connectivity index (χ1) is 14.6. The molecular weight excluding hydrogens is 380 g/mol. The van der Waals surface area contributed by atoms with Gasteiger partial charge in [-0.05, 0) is 30.3 Å². The summed E-state index contributed by atoms with van der Waals surface area (Å²) in [5.74, 6) is -0.380. The molecule has 1 aromatic heterocycles. The predicted octanol–water partition coefficient (Wildman–Crippen LogP) is 3.39. The molecule has 0 atom stereocenters. The van der Waals surface area contributed by atoms with Crippen molar-refractivity contribution in [2.45, 2.75) is 0 Å². The number of phenols is 1. The summed E-state index contributed by atoms with van der Waals surface area (Å²) >= 11 is 0. The van der Waals surface area contributed by atoms with Gasteiger partial charge >= 0.3 is 0 Å². The summed E-state index contributed by atoms with van der Waals surface area (Å²) in [6.07, 6.45) is 0. The molecule has 30 heavy (non-hydrogen) atoms. The van der Waals surface area contributed by atoms with Crippen LogP contribution in [-0.2, 0) is 4.74 Å². The van der Waals surface area contributed by atoms with Crippen molar-refractivity contribution in [1.29, 1.82) is 0 Å². The molecule has 1 fully saturated rings. The van der Waals surface area contributed by atoms with Crippen molar-refractivity contribution in [1.82, 2.24) is 4.57 Å². The fourth-order valence-corrected chi connectivity index (χ4v) is 4.06. The predicted molar refractivity (Wildman–Crippen MR) is 117 cm³/mol. The number of rotatable bonds is 2. The zero-order valence-corrected chi connectivity index (χ0v) is 16.2. The van der Waals surface area contributed by atoms with Crippen LogP contribution in [0, 0.1) is 0 Å². The fourth-order valence-electron chi connectivity index (χ4n) is 4.06. The van der Waals surface area contributed by atoms with Crippen LogP contribution in [0.15, 0.2) is 71.5 Å². The number of fused-ring (bicyclic) bond motifs is 2. The molecule has 0 saturated carbocycles. The number of anilines is 1. The second kappa shape index (κ2) is 7.31. The van der Waals surface area contributed by atoms with Crippen molar-refractivity contribution in [3.05, 3.63) is 82.5 Å². The van der Waals surface area contributed by atoms with E-state index in [0.717, 1.165) is 5.69 Å². The SMILES string of the molecule is O=C(c1ccccc1)n1c2ccccc2c(=O)c2c(O)cc(N3CCOCC3)cc21. The second-order valence-corrected chi connectivity index (χ2v) is 7.31. The number of benzene rings is 3. The molecule has 0 bridgehead atoms. The summed E-state index contributed by atoms with van der Waals surface area (Å²) in [5.41, 5.74) is 1.89. The number of nitrogens with zero attached hydrogens (tertiary/aromatic N) is 2. The van der Waals surface area contributed by atoms with E-state index in [4.69, 9.17) is 4.74 Å². The van der Waals surface area contributed by atoms with Gasteiger partial charge in [-0.1, -0.05) is 30.3 Å². The number of hydrogen-bond acceptors (Lipinski definition) is 5. The third-order valence-corrected chi connectivity index (χ3v) is 5.54. The number of hydrogen-bond donors (Lipinski definition) is 1. The van der Waals surface area contributed by atoms with Gasteiger partial charge in [0, 0.05) is 35.8 Å². The summed E-state index contributed by atoms with van der Waals surface area (Å²) < 4.78 is 6.95. The van der Waals surface area contributed by atoms with Gasteiger partial charge in [0.2, 0.25) is 5.43 Å². The van der Waals surface area contributed by atoms with E-state index in [2.05, 4.69) is 4.90 Å². The lowest BCUT2D eigenvalue weighted by Crippen LogP contribution is -2.36. The first-order valence-corrected chi connectivity index (χ1v) is 9.88. The Kier molecular flexibility index (Phi) is 4.48. The van der Waals surface area contributed by atoms with E-state index in [9.17, 15) is 14.7 Å². The standard InChI is InChI=1S/C24H20N2O4/c27-21-15-17(25-10-12-30-13-11-25)14-20-22(21)23(28)18-8-4-5-9-19(18)26(20)24(29)16-6-2-1-3-7-16/h1-9,14-15,27H,10-13H2. The monoisotopic (exact) mass is 400 g/mol. The molecule has 150 valence electrons. The van der Waals surface area contributed by atoms with E-state index in [-0.39, 0.29) is 22.5 Å². The third-order valence-electron chi connectivity index (χ3n) is 5.54. The van der Waals surface area contributed by atoms with Gasteiger partial charge < -0.3 is 14.7 Å². The van der Waals surface area contributed by atoms with E-state index < -0.39 is 0 Å². The maximum Gasteiger partial charge on any atom is 0.262 e. The number of pyridine rings is 1. The number of morpholine rings is 1. The highest BCUT2D eigenvalue weighted by Gasteiger charge is 2.21. The highest BCUT2D eigenvalue weighted by molar-refractivity contribution is 6.10. The van der Waals surface area contributed by atoms with Gasteiger partial charge in [0.15, 0.2) is 0 Å². The highest BCUT2D eigenvalue weighted by Crippen LogP contribution is 2.32. The second-order valence-electron chi connectivity index (χ2n) is 7.31. The number of carbonyl (C=O) groups is 1. The Morgan fingerprint density at radius 2 is 1.60 bits per heavy atom. The number of aromatic nitrogens is 1. The Morgan fingerprint density at radius 3 is 2.37 bits per heavy atom. The summed E-state index contributed by atoms with van der Waals surface area (Å²) in [5, 5.41) is 11.4. The third kappa shape index (κ3) is 2.93. The average Bonchev–Trinajstić information content (AvgIpc) is 2.80. The number of ether oxygens (including phenoxy) is 1.